The first-order valence-corrected chi connectivity index (χ1v) is 7.41. The topological polar surface area (TPSA) is 66.2 Å². The van der Waals surface area contributed by atoms with Crippen molar-refractivity contribution in [3.05, 3.63) is 65.9 Å². The number of aryl methyl sites for hydroxylation is 1. The monoisotopic (exact) mass is 292 g/mol. The quantitative estimate of drug-likeness (QED) is 0.509. The van der Waals surface area contributed by atoms with E-state index in [2.05, 4.69) is 40.4 Å². The predicted molar refractivity (Wildman–Crippen MR) is 93.3 cm³/mol. The number of fused-ring (bicyclic) bond motifs is 1. The summed E-state index contributed by atoms with van der Waals surface area (Å²) < 4.78 is 0. The van der Waals surface area contributed by atoms with Crippen LogP contribution < -0.4 is 11.1 Å². The molecule has 0 aliphatic rings. The Kier molecular flexibility index (Phi) is 4.10. The Morgan fingerprint density at radius 1 is 1.14 bits per heavy atom. The zero-order chi connectivity index (χ0) is 15.4. The molecular weight excluding hydrogens is 272 g/mol. The Labute approximate surface area is 130 Å². The van der Waals surface area contributed by atoms with Gasteiger partial charge in [0.25, 0.3) is 0 Å². The normalized spacial score (nSPS) is 11.8. The Morgan fingerprint density at radius 3 is 2.73 bits per heavy atom. The number of aromatic amines is 1. The summed E-state index contributed by atoms with van der Waals surface area (Å²) in [5.41, 5.74) is 10.5. The van der Waals surface area contributed by atoms with Gasteiger partial charge in [0.1, 0.15) is 0 Å². The van der Waals surface area contributed by atoms with Crippen LogP contribution in [0.3, 0.4) is 0 Å². The fourth-order valence-corrected chi connectivity index (χ4v) is 2.46. The summed E-state index contributed by atoms with van der Waals surface area (Å²) >= 11 is 0. The molecular formula is C18H20N4. The van der Waals surface area contributed by atoms with E-state index in [-0.39, 0.29) is 0 Å². The van der Waals surface area contributed by atoms with Crippen LogP contribution >= 0.6 is 0 Å². The van der Waals surface area contributed by atoms with Crippen molar-refractivity contribution in [2.75, 3.05) is 11.9 Å². The van der Waals surface area contributed by atoms with Gasteiger partial charge in [-0.15, -0.1) is 0 Å². The maximum absolute atomic E-state index is 5.93. The average Bonchev–Trinajstić information content (AvgIpc) is 2.93. The summed E-state index contributed by atoms with van der Waals surface area (Å²) in [5.74, 6) is 0.448. The average molecular weight is 292 g/mol. The highest BCUT2D eigenvalue weighted by atomic mass is 15.1. The molecule has 112 valence electrons. The van der Waals surface area contributed by atoms with Crippen LogP contribution in [-0.2, 0) is 6.42 Å². The SMILES string of the molecule is Cc1ccc(NC(N)=NCCc2c[nH]c3ccccc23)cc1. The van der Waals surface area contributed by atoms with Gasteiger partial charge in [-0.2, -0.15) is 0 Å². The van der Waals surface area contributed by atoms with Gasteiger partial charge < -0.3 is 16.0 Å². The third-order valence-electron chi connectivity index (χ3n) is 3.66. The maximum atomic E-state index is 5.93. The Balaban J connectivity index is 1.60. The molecule has 1 heterocycles. The molecule has 0 saturated carbocycles. The van der Waals surface area contributed by atoms with Crippen molar-refractivity contribution in [2.24, 2.45) is 10.7 Å². The number of rotatable bonds is 4. The second-order valence-electron chi connectivity index (χ2n) is 5.37. The van der Waals surface area contributed by atoms with Gasteiger partial charge in [-0.25, -0.2) is 0 Å². The van der Waals surface area contributed by atoms with Crippen molar-refractivity contribution in [2.45, 2.75) is 13.3 Å². The zero-order valence-electron chi connectivity index (χ0n) is 12.6. The lowest BCUT2D eigenvalue weighted by molar-refractivity contribution is 0.972. The molecule has 3 rings (SSSR count). The summed E-state index contributed by atoms with van der Waals surface area (Å²) in [7, 11) is 0. The lowest BCUT2D eigenvalue weighted by atomic mass is 10.1. The van der Waals surface area contributed by atoms with E-state index in [0.717, 1.165) is 17.6 Å². The first kappa shape index (κ1) is 14.2. The van der Waals surface area contributed by atoms with E-state index in [1.54, 1.807) is 0 Å². The highest BCUT2D eigenvalue weighted by Gasteiger charge is 2.02. The number of para-hydroxylation sites is 1. The highest BCUT2D eigenvalue weighted by molar-refractivity contribution is 5.92. The van der Waals surface area contributed by atoms with Crippen LogP contribution in [0.15, 0.2) is 59.7 Å². The van der Waals surface area contributed by atoms with E-state index in [1.807, 2.05) is 36.5 Å². The van der Waals surface area contributed by atoms with Gasteiger partial charge in [-0.05, 0) is 37.1 Å². The van der Waals surface area contributed by atoms with Gasteiger partial charge in [-0.3, -0.25) is 4.99 Å². The standard InChI is InChI=1S/C18H20N4/c1-13-6-8-15(9-7-13)22-18(19)20-11-10-14-12-21-17-5-3-2-4-16(14)17/h2-9,12,21H,10-11H2,1H3,(H3,19,20,22). The molecule has 0 spiro atoms. The van der Waals surface area contributed by atoms with Crippen LogP contribution in [0.1, 0.15) is 11.1 Å². The number of aliphatic imine (C=N–C) groups is 1. The van der Waals surface area contributed by atoms with Crippen LogP contribution in [0.5, 0.6) is 0 Å². The van der Waals surface area contributed by atoms with Gasteiger partial charge in [0.2, 0.25) is 0 Å². The second kappa shape index (κ2) is 6.35. The molecule has 3 aromatic rings. The number of H-pyrrole nitrogens is 1. The fourth-order valence-electron chi connectivity index (χ4n) is 2.46. The number of nitrogens with two attached hydrogens (primary N) is 1. The Hall–Kier alpha value is -2.75. The van der Waals surface area contributed by atoms with Gasteiger partial charge in [0.05, 0.1) is 0 Å². The molecule has 0 unspecified atom stereocenters. The molecule has 22 heavy (non-hydrogen) atoms. The molecule has 0 atom stereocenters. The third-order valence-corrected chi connectivity index (χ3v) is 3.66. The van der Waals surface area contributed by atoms with Gasteiger partial charge >= 0.3 is 0 Å². The van der Waals surface area contributed by atoms with Crippen molar-refractivity contribution < 1.29 is 0 Å². The number of aromatic nitrogens is 1. The largest absolute Gasteiger partial charge is 0.370 e. The molecule has 4 heteroatoms. The molecule has 4 N–H and O–H groups in total. The second-order valence-corrected chi connectivity index (χ2v) is 5.37. The van der Waals surface area contributed by atoms with E-state index < -0.39 is 0 Å². The predicted octanol–water partition coefficient (Wildman–Crippen LogP) is 3.45. The summed E-state index contributed by atoms with van der Waals surface area (Å²) in [6.45, 7) is 2.72. The van der Waals surface area contributed by atoms with E-state index >= 15 is 0 Å². The van der Waals surface area contributed by atoms with Gasteiger partial charge in [-0.1, -0.05) is 35.9 Å². The Morgan fingerprint density at radius 2 is 1.91 bits per heavy atom. The number of benzene rings is 2. The van der Waals surface area contributed by atoms with Crippen LogP contribution in [-0.4, -0.2) is 17.5 Å². The van der Waals surface area contributed by atoms with E-state index in [0.29, 0.717) is 12.5 Å². The first-order valence-electron chi connectivity index (χ1n) is 7.41. The highest BCUT2D eigenvalue weighted by Crippen LogP contribution is 2.18. The van der Waals surface area contributed by atoms with E-state index in [1.165, 1.54) is 16.5 Å². The fraction of sp³-hybridized carbons (Fsp3) is 0.167. The molecule has 0 fully saturated rings. The number of nitrogens with one attached hydrogen (secondary N) is 2. The summed E-state index contributed by atoms with van der Waals surface area (Å²) in [6, 6.07) is 16.4. The minimum atomic E-state index is 0.448. The molecule has 2 aromatic carbocycles. The molecule has 1 aromatic heterocycles. The smallest absolute Gasteiger partial charge is 0.193 e. The number of guanidine groups is 1. The van der Waals surface area contributed by atoms with Crippen LogP contribution in [0, 0.1) is 6.92 Å². The van der Waals surface area contributed by atoms with Crippen molar-refractivity contribution in [3.8, 4) is 0 Å². The number of hydrogen-bond acceptors (Lipinski definition) is 1. The van der Waals surface area contributed by atoms with Crippen molar-refractivity contribution in [1.82, 2.24) is 4.98 Å². The first-order chi connectivity index (χ1) is 10.7. The van der Waals surface area contributed by atoms with Gasteiger partial charge in [0.15, 0.2) is 5.96 Å². The summed E-state index contributed by atoms with van der Waals surface area (Å²) in [6.07, 6.45) is 2.91. The third kappa shape index (κ3) is 3.28. The number of hydrogen-bond donors (Lipinski definition) is 3. The number of anilines is 1. The summed E-state index contributed by atoms with van der Waals surface area (Å²) in [4.78, 5) is 7.67. The molecule has 0 aliphatic carbocycles. The zero-order valence-corrected chi connectivity index (χ0v) is 12.6. The van der Waals surface area contributed by atoms with Crippen LogP contribution in [0.2, 0.25) is 0 Å². The lowest BCUT2D eigenvalue weighted by Gasteiger charge is -2.05. The minimum absolute atomic E-state index is 0.448. The van der Waals surface area contributed by atoms with Crippen LogP contribution in [0.4, 0.5) is 5.69 Å². The molecule has 4 nitrogen and oxygen atoms in total. The molecule has 0 bridgehead atoms. The molecule has 0 amide bonds. The summed E-state index contributed by atoms with van der Waals surface area (Å²) in [5, 5.41) is 4.36. The molecule has 0 aliphatic heterocycles. The molecule has 0 saturated heterocycles. The van der Waals surface area contributed by atoms with Crippen molar-refractivity contribution >= 4 is 22.5 Å². The number of nitrogens with zero attached hydrogens (tertiary/aromatic N) is 1. The van der Waals surface area contributed by atoms with E-state index in [9.17, 15) is 0 Å². The van der Waals surface area contributed by atoms with Gasteiger partial charge in [0, 0.05) is 29.3 Å². The van der Waals surface area contributed by atoms with Crippen molar-refractivity contribution in [3.63, 3.8) is 0 Å². The van der Waals surface area contributed by atoms with E-state index in [4.69, 9.17) is 5.73 Å². The Bertz CT molecular complexity index is 784. The lowest BCUT2D eigenvalue weighted by Crippen LogP contribution is -2.23. The minimum Gasteiger partial charge on any atom is -0.370 e. The van der Waals surface area contributed by atoms with Crippen molar-refractivity contribution in [1.29, 1.82) is 0 Å². The maximum Gasteiger partial charge on any atom is 0.193 e. The van der Waals surface area contributed by atoms with Crippen LogP contribution in [0.25, 0.3) is 10.9 Å². The molecule has 0 radical (unpaired) electrons.